The van der Waals surface area contributed by atoms with Crippen LogP contribution in [0, 0.1) is 20.8 Å². The molecular formula is C18H24N2O. The van der Waals surface area contributed by atoms with E-state index in [0.717, 1.165) is 35.2 Å². The maximum absolute atomic E-state index is 12.7. The average Bonchev–Trinajstić information content (AvgIpc) is 2.46. The Morgan fingerprint density at radius 2 is 1.52 bits per heavy atom. The molecule has 1 heterocycles. The number of nitrogens with zero attached hydrogens (tertiary/aromatic N) is 2. The van der Waals surface area contributed by atoms with E-state index in [9.17, 15) is 4.79 Å². The predicted octanol–water partition coefficient (Wildman–Crippen LogP) is 3.50. The minimum absolute atomic E-state index is 0.00801. The zero-order valence-corrected chi connectivity index (χ0v) is 13.9. The molecule has 0 aliphatic rings. The van der Waals surface area contributed by atoms with Crippen molar-refractivity contribution in [2.45, 2.75) is 47.5 Å². The molecule has 0 spiro atoms. The van der Waals surface area contributed by atoms with Gasteiger partial charge >= 0.3 is 0 Å². The third-order valence-corrected chi connectivity index (χ3v) is 4.18. The van der Waals surface area contributed by atoms with Crippen molar-refractivity contribution in [3.05, 3.63) is 50.4 Å². The molecule has 0 bridgehead atoms. The maximum Gasteiger partial charge on any atom is 0.274 e. The average molecular weight is 284 g/mol. The molecule has 0 aliphatic heterocycles. The predicted molar refractivity (Wildman–Crippen MR) is 87.9 cm³/mol. The third kappa shape index (κ3) is 2.65. The van der Waals surface area contributed by atoms with Crippen LogP contribution >= 0.6 is 0 Å². The van der Waals surface area contributed by atoms with E-state index in [0.29, 0.717) is 0 Å². The number of aryl methyl sites for hydroxylation is 5. The van der Waals surface area contributed by atoms with E-state index in [2.05, 4.69) is 38.0 Å². The Balaban J connectivity index is 2.94. The molecule has 0 unspecified atom stereocenters. The Bertz CT molecular complexity index is 717. The molecule has 21 heavy (non-hydrogen) atoms. The highest BCUT2D eigenvalue weighted by Gasteiger charge is 2.18. The van der Waals surface area contributed by atoms with Crippen molar-refractivity contribution in [2.75, 3.05) is 0 Å². The summed E-state index contributed by atoms with van der Waals surface area (Å²) in [5.74, 6) is 0. The Kier molecular flexibility index (Phi) is 4.31. The molecule has 0 fully saturated rings. The number of hydrogen-bond donors (Lipinski definition) is 0. The first-order valence-electron chi connectivity index (χ1n) is 7.57. The molecule has 3 heteroatoms. The van der Waals surface area contributed by atoms with Gasteiger partial charge in [0.05, 0.1) is 11.3 Å². The van der Waals surface area contributed by atoms with E-state index < -0.39 is 0 Å². The summed E-state index contributed by atoms with van der Waals surface area (Å²) in [4.78, 5) is 12.7. The minimum atomic E-state index is -0.00801. The van der Waals surface area contributed by atoms with Gasteiger partial charge in [-0.1, -0.05) is 31.5 Å². The number of rotatable bonds is 3. The highest BCUT2D eigenvalue weighted by atomic mass is 16.1. The molecule has 0 atom stereocenters. The van der Waals surface area contributed by atoms with Crippen LogP contribution in [0.5, 0.6) is 0 Å². The highest BCUT2D eigenvalue weighted by molar-refractivity contribution is 5.74. The SMILES string of the molecule is CCc1cc(C)cc(CC)c1-c1c(C)c(C)nn(C)c1=O. The first-order chi connectivity index (χ1) is 9.90. The third-order valence-electron chi connectivity index (χ3n) is 4.18. The van der Waals surface area contributed by atoms with Crippen LogP contribution in [0.25, 0.3) is 11.1 Å². The highest BCUT2D eigenvalue weighted by Crippen LogP contribution is 2.30. The van der Waals surface area contributed by atoms with Crippen LogP contribution in [0.15, 0.2) is 16.9 Å². The van der Waals surface area contributed by atoms with Gasteiger partial charge in [-0.15, -0.1) is 0 Å². The lowest BCUT2D eigenvalue weighted by Gasteiger charge is -2.17. The first-order valence-corrected chi connectivity index (χ1v) is 7.57. The minimum Gasteiger partial charge on any atom is -0.267 e. The fraction of sp³-hybridized carbons (Fsp3) is 0.444. The molecule has 0 aliphatic carbocycles. The van der Waals surface area contributed by atoms with Gasteiger partial charge in [-0.2, -0.15) is 5.10 Å². The quantitative estimate of drug-likeness (QED) is 0.864. The van der Waals surface area contributed by atoms with Gasteiger partial charge in [0.2, 0.25) is 0 Å². The molecule has 0 amide bonds. The molecule has 0 saturated carbocycles. The number of hydrogen-bond acceptors (Lipinski definition) is 2. The van der Waals surface area contributed by atoms with E-state index in [1.807, 2.05) is 13.8 Å². The van der Waals surface area contributed by atoms with Gasteiger partial charge in [0.25, 0.3) is 5.56 Å². The van der Waals surface area contributed by atoms with Crippen molar-refractivity contribution < 1.29 is 0 Å². The Morgan fingerprint density at radius 1 is 1.00 bits per heavy atom. The Hall–Kier alpha value is -1.90. The Labute approximate surface area is 126 Å². The van der Waals surface area contributed by atoms with Crippen molar-refractivity contribution >= 4 is 0 Å². The van der Waals surface area contributed by atoms with Crippen LogP contribution in [0.4, 0.5) is 0 Å². The molecule has 3 nitrogen and oxygen atoms in total. The van der Waals surface area contributed by atoms with Crippen molar-refractivity contribution in [3.8, 4) is 11.1 Å². The molecule has 2 aromatic rings. The number of aromatic nitrogens is 2. The summed E-state index contributed by atoms with van der Waals surface area (Å²) >= 11 is 0. The van der Waals surface area contributed by atoms with Gasteiger partial charge in [0.15, 0.2) is 0 Å². The standard InChI is InChI=1S/C18H24N2O/c1-7-14-9-11(3)10-15(8-2)17(14)16-12(4)13(5)19-20(6)18(16)21/h9-10H,7-8H2,1-6H3. The molecule has 1 aromatic heterocycles. The zero-order valence-electron chi connectivity index (χ0n) is 13.9. The molecule has 0 saturated heterocycles. The monoisotopic (exact) mass is 284 g/mol. The second-order valence-electron chi connectivity index (χ2n) is 5.68. The van der Waals surface area contributed by atoms with Crippen molar-refractivity contribution in [1.29, 1.82) is 0 Å². The van der Waals surface area contributed by atoms with Gasteiger partial charge in [0, 0.05) is 7.05 Å². The smallest absolute Gasteiger partial charge is 0.267 e. The van der Waals surface area contributed by atoms with Crippen LogP contribution in [0.1, 0.15) is 41.8 Å². The van der Waals surface area contributed by atoms with Gasteiger partial charge in [0.1, 0.15) is 0 Å². The van der Waals surface area contributed by atoms with E-state index in [1.54, 1.807) is 7.05 Å². The van der Waals surface area contributed by atoms with Gasteiger partial charge in [-0.25, -0.2) is 4.68 Å². The molecular weight excluding hydrogens is 260 g/mol. The van der Waals surface area contributed by atoms with Crippen molar-refractivity contribution in [3.63, 3.8) is 0 Å². The van der Waals surface area contributed by atoms with E-state index in [1.165, 1.54) is 21.4 Å². The first kappa shape index (κ1) is 15.5. The molecule has 0 radical (unpaired) electrons. The lowest BCUT2D eigenvalue weighted by atomic mass is 9.88. The van der Waals surface area contributed by atoms with E-state index in [4.69, 9.17) is 0 Å². The van der Waals surface area contributed by atoms with E-state index >= 15 is 0 Å². The zero-order chi connectivity index (χ0) is 15.7. The summed E-state index contributed by atoms with van der Waals surface area (Å²) in [5, 5.41) is 4.29. The largest absolute Gasteiger partial charge is 0.274 e. The second-order valence-corrected chi connectivity index (χ2v) is 5.68. The van der Waals surface area contributed by atoms with Gasteiger partial charge in [-0.3, -0.25) is 4.79 Å². The van der Waals surface area contributed by atoms with Crippen LogP contribution in [-0.4, -0.2) is 9.78 Å². The Morgan fingerprint density at radius 3 is 2.00 bits per heavy atom. The summed E-state index contributed by atoms with van der Waals surface area (Å²) in [6, 6.07) is 4.40. The summed E-state index contributed by atoms with van der Waals surface area (Å²) in [6.07, 6.45) is 1.85. The summed E-state index contributed by atoms with van der Waals surface area (Å²) in [5.41, 5.74) is 7.59. The normalized spacial score (nSPS) is 11.0. The maximum atomic E-state index is 12.7. The second kappa shape index (κ2) is 5.84. The summed E-state index contributed by atoms with van der Waals surface area (Å²) in [7, 11) is 1.73. The number of benzene rings is 1. The molecule has 1 aromatic carbocycles. The van der Waals surface area contributed by atoms with Crippen LogP contribution < -0.4 is 5.56 Å². The fourth-order valence-electron chi connectivity index (χ4n) is 2.96. The van der Waals surface area contributed by atoms with Crippen molar-refractivity contribution in [2.24, 2.45) is 7.05 Å². The van der Waals surface area contributed by atoms with Crippen molar-refractivity contribution in [1.82, 2.24) is 9.78 Å². The van der Waals surface area contributed by atoms with E-state index in [-0.39, 0.29) is 5.56 Å². The summed E-state index contributed by atoms with van der Waals surface area (Å²) in [6.45, 7) is 10.4. The van der Waals surface area contributed by atoms with Crippen LogP contribution in [0.3, 0.4) is 0 Å². The van der Waals surface area contributed by atoms with Gasteiger partial charge < -0.3 is 0 Å². The summed E-state index contributed by atoms with van der Waals surface area (Å²) < 4.78 is 1.45. The lowest BCUT2D eigenvalue weighted by Crippen LogP contribution is -2.24. The van der Waals surface area contributed by atoms with Gasteiger partial charge in [-0.05, 0) is 55.9 Å². The fourth-order valence-corrected chi connectivity index (χ4v) is 2.96. The molecule has 2 rings (SSSR count). The van der Waals surface area contributed by atoms with Crippen LogP contribution in [-0.2, 0) is 19.9 Å². The van der Waals surface area contributed by atoms with Crippen LogP contribution in [0.2, 0.25) is 0 Å². The molecule has 0 N–H and O–H groups in total. The topological polar surface area (TPSA) is 34.9 Å². The lowest BCUT2D eigenvalue weighted by molar-refractivity contribution is 0.690. The molecule has 112 valence electrons.